The summed E-state index contributed by atoms with van der Waals surface area (Å²) in [6.07, 6.45) is 1.05. The van der Waals surface area contributed by atoms with Gasteiger partial charge in [0.05, 0.1) is 12.6 Å². The molecule has 4 rings (SSSR count). The first-order chi connectivity index (χ1) is 16.0. The summed E-state index contributed by atoms with van der Waals surface area (Å²) < 4.78 is 12.6. The van der Waals surface area contributed by atoms with Crippen LogP contribution < -0.4 is 14.8 Å². The Morgan fingerprint density at radius 2 is 1.91 bits per heavy atom. The van der Waals surface area contributed by atoms with Gasteiger partial charge in [-0.25, -0.2) is 9.31 Å². The smallest absolute Gasteiger partial charge is 0.333 e. The van der Waals surface area contributed by atoms with Crippen LogP contribution >= 0.6 is 0 Å². The number of piperazine rings is 1. The number of esters is 1. The lowest BCUT2D eigenvalue weighted by molar-refractivity contribution is -0.152. The Morgan fingerprint density at radius 3 is 2.64 bits per heavy atom. The summed E-state index contributed by atoms with van der Waals surface area (Å²) in [5.41, 5.74) is 2.21. The number of rotatable bonds is 9. The molecular weight excluding hydrogens is 430 g/mol. The van der Waals surface area contributed by atoms with Crippen LogP contribution in [0.1, 0.15) is 6.42 Å². The maximum Gasteiger partial charge on any atom is 0.333 e. The first-order valence-corrected chi connectivity index (χ1v) is 10.6. The Balaban J connectivity index is 1.40. The number of hydrogen-bond acceptors (Lipinski definition) is 9. The highest BCUT2D eigenvalue weighted by Gasteiger charge is 2.19. The van der Waals surface area contributed by atoms with Gasteiger partial charge in [0.2, 0.25) is 5.88 Å². The normalized spacial score (nSPS) is 15.3. The maximum atomic E-state index is 11.8. The van der Waals surface area contributed by atoms with Crippen molar-refractivity contribution in [3.63, 3.8) is 0 Å². The molecule has 3 heterocycles. The van der Waals surface area contributed by atoms with Gasteiger partial charge in [-0.05, 0) is 17.7 Å². The number of fused-ring (bicyclic) bond motifs is 1. The molecule has 0 aliphatic carbocycles. The number of ether oxygens (including phenoxy) is 2. The number of carboxylic acids is 1. The highest BCUT2D eigenvalue weighted by Crippen LogP contribution is 2.26. The van der Waals surface area contributed by atoms with E-state index < -0.39 is 24.5 Å². The predicted octanol–water partition coefficient (Wildman–Crippen LogP) is 0.421. The van der Waals surface area contributed by atoms with E-state index in [4.69, 9.17) is 14.6 Å². The molecule has 0 radical (unpaired) electrons. The number of nitrogens with one attached hydrogen (secondary N) is 1. The van der Waals surface area contributed by atoms with Crippen molar-refractivity contribution < 1.29 is 29.3 Å². The fraction of sp³-hybridized carbons (Fsp3) is 0.364. The van der Waals surface area contributed by atoms with Crippen molar-refractivity contribution in [1.29, 1.82) is 0 Å². The number of aliphatic hydroxyl groups excluding tert-OH is 1. The van der Waals surface area contributed by atoms with Crippen molar-refractivity contribution in [3.05, 3.63) is 42.7 Å². The highest BCUT2D eigenvalue weighted by molar-refractivity contribution is 5.82. The molecule has 1 unspecified atom stereocenters. The zero-order chi connectivity index (χ0) is 23.2. The molecule has 0 amide bonds. The van der Waals surface area contributed by atoms with Gasteiger partial charge in [-0.1, -0.05) is 12.1 Å². The number of aromatic nitrogens is 3. The Labute approximate surface area is 189 Å². The number of aliphatic carboxylic acids is 1. The summed E-state index contributed by atoms with van der Waals surface area (Å²) >= 11 is 0. The van der Waals surface area contributed by atoms with Gasteiger partial charge >= 0.3 is 11.9 Å². The van der Waals surface area contributed by atoms with Crippen LogP contribution in [0.4, 0.5) is 0 Å². The molecular formula is C22H25N5O6. The van der Waals surface area contributed by atoms with Crippen LogP contribution in [-0.4, -0.2) is 87.1 Å². The predicted molar refractivity (Wildman–Crippen MR) is 117 cm³/mol. The summed E-state index contributed by atoms with van der Waals surface area (Å²) in [5.74, 6) is -1.56. The summed E-state index contributed by atoms with van der Waals surface area (Å²) in [6, 6.07) is 8.42. The van der Waals surface area contributed by atoms with E-state index in [2.05, 4.69) is 20.3 Å². The molecule has 0 spiro atoms. The Bertz CT molecular complexity index is 1110. The van der Waals surface area contributed by atoms with Gasteiger partial charge in [0.25, 0.3) is 0 Å². The van der Waals surface area contributed by atoms with Crippen molar-refractivity contribution in [2.45, 2.75) is 12.5 Å². The first-order valence-electron chi connectivity index (χ1n) is 10.6. The van der Waals surface area contributed by atoms with Crippen molar-refractivity contribution in [2.24, 2.45) is 0 Å². The molecule has 1 saturated heterocycles. The van der Waals surface area contributed by atoms with E-state index in [-0.39, 0.29) is 5.75 Å². The zero-order valence-corrected chi connectivity index (χ0v) is 17.9. The Hall–Kier alpha value is -3.54. The van der Waals surface area contributed by atoms with E-state index in [0.29, 0.717) is 18.1 Å². The maximum absolute atomic E-state index is 11.8. The van der Waals surface area contributed by atoms with Crippen LogP contribution in [0.25, 0.3) is 16.8 Å². The van der Waals surface area contributed by atoms with Gasteiger partial charge in [-0.15, -0.1) is 0 Å². The number of aliphatic hydroxyl groups is 1. The molecule has 11 nitrogen and oxygen atoms in total. The molecule has 0 bridgehead atoms. The molecule has 3 aromatic rings. The van der Waals surface area contributed by atoms with E-state index >= 15 is 0 Å². The first kappa shape index (κ1) is 22.6. The van der Waals surface area contributed by atoms with Gasteiger partial charge in [0.15, 0.2) is 11.8 Å². The van der Waals surface area contributed by atoms with Crippen molar-refractivity contribution >= 4 is 17.6 Å². The zero-order valence-electron chi connectivity index (χ0n) is 17.9. The van der Waals surface area contributed by atoms with Crippen molar-refractivity contribution in [1.82, 2.24) is 24.8 Å². The van der Waals surface area contributed by atoms with Crippen molar-refractivity contribution in [2.75, 3.05) is 39.3 Å². The fourth-order valence-electron chi connectivity index (χ4n) is 3.47. The monoisotopic (exact) mass is 455 g/mol. The number of benzene rings is 1. The van der Waals surface area contributed by atoms with Gasteiger partial charge in [0.1, 0.15) is 12.4 Å². The number of carboxylic acid groups (broad SMARTS) is 1. The minimum atomic E-state index is -1.80. The summed E-state index contributed by atoms with van der Waals surface area (Å²) in [4.78, 5) is 29.3. The Morgan fingerprint density at radius 1 is 1.15 bits per heavy atom. The summed E-state index contributed by atoms with van der Waals surface area (Å²) in [6.45, 7) is 5.38. The molecule has 3 N–H and O–H groups in total. The van der Waals surface area contributed by atoms with Crippen molar-refractivity contribution in [3.8, 4) is 22.8 Å². The van der Waals surface area contributed by atoms with E-state index in [1.807, 2.05) is 0 Å². The molecule has 1 fully saturated rings. The lowest BCUT2D eigenvalue weighted by Crippen LogP contribution is -2.44. The third-order valence-corrected chi connectivity index (χ3v) is 5.25. The second kappa shape index (κ2) is 10.4. The highest BCUT2D eigenvalue weighted by atomic mass is 16.5. The fourth-order valence-corrected chi connectivity index (χ4v) is 3.47. The molecule has 11 heteroatoms. The molecule has 1 atom stereocenters. The number of carbonyl (C=O) groups is 2. The van der Waals surface area contributed by atoms with Crippen LogP contribution in [0.15, 0.2) is 42.7 Å². The quantitative estimate of drug-likeness (QED) is 0.307. The summed E-state index contributed by atoms with van der Waals surface area (Å²) in [5, 5.41) is 25.6. The molecule has 2 aromatic heterocycles. The SMILES string of the molecule is O=C(CC(O)C(=O)O)Oc1ccc(-c2cnn3ccc(OCCN4CCNCC4)nc23)cc1. The van der Waals surface area contributed by atoms with Crippen LogP contribution in [-0.2, 0) is 9.59 Å². The van der Waals surface area contributed by atoms with Gasteiger partial charge in [-0.3, -0.25) is 9.69 Å². The number of carbonyl (C=O) groups excluding carboxylic acids is 1. The average Bonchev–Trinajstić information content (AvgIpc) is 3.23. The van der Waals surface area contributed by atoms with Crippen LogP contribution in [0.5, 0.6) is 11.6 Å². The standard InChI is InChI=1S/C22H25N5O6/c28-18(22(30)31)13-20(29)33-16-3-1-15(2-4-16)17-14-24-27-8-5-19(25-21(17)27)32-12-11-26-9-6-23-7-10-26/h1-5,8,14,18,23,28H,6-7,9-13H2,(H,30,31). The van der Waals surface area contributed by atoms with Crippen LogP contribution in [0.2, 0.25) is 0 Å². The minimum absolute atomic E-state index is 0.239. The lowest BCUT2D eigenvalue weighted by atomic mass is 10.1. The third kappa shape index (κ3) is 5.83. The molecule has 33 heavy (non-hydrogen) atoms. The molecule has 1 aliphatic heterocycles. The van der Waals surface area contributed by atoms with E-state index in [1.54, 1.807) is 47.2 Å². The van der Waals surface area contributed by atoms with Gasteiger partial charge in [-0.2, -0.15) is 10.1 Å². The van der Waals surface area contributed by atoms with Crippen LogP contribution in [0, 0.1) is 0 Å². The topological polar surface area (TPSA) is 139 Å². The van der Waals surface area contributed by atoms with Crippen LogP contribution in [0.3, 0.4) is 0 Å². The molecule has 1 aliphatic rings. The third-order valence-electron chi connectivity index (χ3n) is 5.25. The number of hydrogen-bond donors (Lipinski definition) is 3. The Kier molecular flexibility index (Phi) is 7.13. The molecule has 0 saturated carbocycles. The van der Waals surface area contributed by atoms with Gasteiger partial charge in [0, 0.05) is 50.6 Å². The lowest BCUT2D eigenvalue weighted by Gasteiger charge is -2.26. The molecule has 1 aromatic carbocycles. The largest absolute Gasteiger partial charge is 0.479 e. The minimum Gasteiger partial charge on any atom is -0.479 e. The van der Waals surface area contributed by atoms with Gasteiger partial charge < -0.3 is 25.0 Å². The second-order valence-electron chi connectivity index (χ2n) is 7.59. The molecule has 174 valence electrons. The van der Waals surface area contributed by atoms with E-state index in [0.717, 1.165) is 43.9 Å². The average molecular weight is 455 g/mol. The van der Waals surface area contributed by atoms with E-state index in [9.17, 15) is 14.7 Å². The number of nitrogens with zero attached hydrogens (tertiary/aromatic N) is 4. The summed E-state index contributed by atoms with van der Waals surface area (Å²) in [7, 11) is 0. The van der Waals surface area contributed by atoms with E-state index in [1.165, 1.54) is 0 Å². The second-order valence-corrected chi connectivity index (χ2v) is 7.59.